The largest absolute Gasteiger partial charge is 0.483 e. The average Bonchev–Trinajstić information content (AvgIpc) is 2.52. The molecule has 0 saturated heterocycles. The van der Waals surface area contributed by atoms with Gasteiger partial charge in [-0.05, 0) is 68.5 Å². The maximum Gasteiger partial charge on any atom is 0.258 e. The highest BCUT2D eigenvalue weighted by Gasteiger charge is 2.11. The first kappa shape index (κ1) is 17.0. The molecule has 1 N–H and O–H groups in total. The molecule has 0 fully saturated rings. The van der Waals surface area contributed by atoms with Gasteiger partial charge in [0.15, 0.2) is 6.61 Å². The summed E-state index contributed by atoms with van der Waals surface area (Å²) in [6, 6.07) is 8.04. The van der Waals surface area contributed by atoms with E-state index in [4.69, 9.17) is 4.74 Å². The lowest BCUT2D eigenvalue weighted by Crippen LogP contribution is -2.37. The second-order valence-corrected chi connectivity index (χ2v) is 5.97. The van der Waals surface area contributed by atoms with Crippen molar-refractivity contribution in [2.45, 2.75) is 40.2 Å². The van der Waals surface area contributed by atoms with Crippen LogP contribution in [0.25, 0.3) is 0 Å². The first-order valence-electron chi connectivity index (χ1n) is 7.85. The molecule has 1 aromatic heterocycles. The van der Waals surface area contributed by atoms with E-state index in [0.29, 0.717) is 0 Å². The number of ether oxygens (including phenoxy) is 1. The predicted molar refractivity (Wildman–Crippen MR) is 91.7 cm³/mol. The van der Waals surface area contributed by atoms with Crippen LogP contribution in [-0.2, 0) is 11.2 Å². The van der Waals surface area contributed by atoms with E-state index in [1.165, 1.54) is 0 Å². The Morgan fingerprint density at radius 2 is 1.78 bits per heavy atom. The van der Waals surface area contributed by atoms with Crippen molar-refractivity contribution < 1.29 is 9.53 Å². The zero-order valence-electron chi connectivity index (χ0n) is 14.2. The number of carbonyl (C=O) groups is 1. The minimum atomic E-state index is -0.105. The number of nitrogens with one attached hydrogen (secondary N) is 1. The molecule has 1 unspecified atom stereocenters. The summed E-state index contributed by atoms with van der Waals surface area (Å²) in [5.41, 5.74) is 4.45. The van der Waals surface area contributed by atoms with Gasteiger partial charge in [0.25, 0.3) is 5.91 Å². The van der Waals surface area contributed by atoms with Gasteiger partial charge in [-0.1, -0.05) is 12.1 Å². The number of aromatic nitrogens is 1. The molecule has 0 aliphatic rings. The Morgan fingerprint density at radius 3 is 2.48 bits per heavy atom. The summed E-state index contributed by atoms with van der Waals surface area (Å²) in [7, 11) is 0. The highest BCUT2D eigenvalue weighted by Crippen LogP contribution is 2.25. The fraction of sp³-hybridized carbons (Fsp3) is 0.368. The van der Waals surface area contributed by atoms with E-state index in [1.807, 2.05) is 45.9 Å². The van der Waals surface area contributed by atoms with Gasteiger partial charge in [0.1, 0.15) is 5.75 Å². The van der Waals surface area contributed by atoms with Crippen LogP contribution in [0.4, 0.5) is 0 Å². The summed E-state index contributed by atoms with van der Waals surface area (Å²) >= 11 is 0. The minimum absolute atomic E-state index is 0.0336. The number of nitrogens with zero attached hydrogens (tertiary/aromatic N) is 1. The van der Waals surface area contributed by atoms with Crippen molar-refractivity contribution in [1.82, 2.24) is 10.3 Å². The van der Waals surface area contributed by atoms with Gasteiger partial charge >= 0.3 is 0 Å². The summed E-state index contributed by atoms with van der Waals surface area (Å²) in [5, 5.41) is 2.97. The molecular formula is C19H24N2O2. The maximum absolute atomic E-state index is 12.1. The maximum atomic E-state index is 12.1. The van der Waals surface area contributed by atoms with Crippen molar-refractivity contribution in [2.24, 2.45) is 0 Å². The minimum Gasteiger partial charge on any atom is -0.483 e. The molecule has 0 radical (unpaired) electrons. The molecule has 122 valence electrons. The molecule has 1 heterocycles. The summed E-state index contributed by atoms with van der Waals surface area (Å²) in [4.78, 5) is 16.1. The molecular weight excluding hydrogens is 288 g/mol. The molecule has 1 amide bonds. The van der Waals surface area contributed by atoms with E-state index in [9.17, 15) is 4.79 Å². The van der Waals surface area contributed by atoms with Crippen LogP contribution in [0.15, 0.2) is 36.7 Å². The Labute approximate surface area is 137 Å². The molecule has 2 rings (SSSR count). The van der Waals surface area contributed by atoms with Crippen LogP contribution in [0, 0.1) is 20.8 Å². The van der Waals surface area contributed by atoms with Crippen molar-refractivity contribution >= 4 is 5.91 Å². The molecule has 4 heteroatoms. The molecule has 4 nitrogen and oxygen atoms in total. The van der Waals surface area contributed by atoms with Crippen LogP contribution in [0.3, 0.4) is 0 Å². The molecule has 0 saturated carbocycles. The lowest BCUT2D eigenvalue weighted by molar-refractivity contribution is -0.123. The third-order valence-electron chi connectivity index (χ3n) is 3.92. The van der Waals surface area contributed by atoms with E-state index in [1.54, 1.807) is 12.4 Å². The van der Waals surface area contributed by atoms with Gasteiger partial charge in [0.05, 0.1) is 0 Å². The summed E-state index contributed by atoms with van der Waals surface area (Å²) < 4.78 is 5.74. The fourth-order valence-electron chi connectivity index (χ4n) is 2.53. The summed E-state index contributed by atoms with van der Waals surface area (Å²) in [6.07, 6.45) is 4.29. The predicted octanol–water partition coefficient (Wildman–Crippen LogP) is 3.13. The van der Waals surface area contributed by atoms with Gasteiger partial charge in [-0.25, -0.2) is 0 Å². The number of carbonyl (C=O) groups excluding carboxylic acids is 1. The second kappa shape index (κ2) is 7.77. The lowest BCUT2D eigenvalue weighted by atomic mass is 10.1. The van der Waals surface area contributed by atoms with Crippen LogP contribution in [0.5, 0.6) is 5.75 Å². The Hall–Kier alpha value is -2.36. The van der Waals surface area contributed by atoms with E-state index in [0.717, 1.165) is 34.4 Å². The van der Waals surface area contributed by atoms with Gasteiger partial charge < -0.3 is 10.1 Å². The summed E-state index contributed by atoms with van der Waals surface area (Å²) in [6.45, 7) is 8.07. The number of hydrogen-bond acceptors (Lipinski definition) is 3. The normalized spacial score (nSPS) is 11.8. The number of aryl methyl sites for hydroxylation is 2. The highest BCUT2D eigenvalue weighted by atomic mass is 16.5. The second-order valence-electron chi connectivity index (χ2n) is 5.97. The van der Waals surface area contributed by atoms with E-state index in [-0.39, 0.29) is 18.6 Å². The topological polar surface area (TPSA) is 51.2 Å². The van der Waals surface area contributed by atoms with Crippen molar-refractivity contribution in [2.75, 3.05) is 6.61 Å². The number of pyridine rings is 1. The highest BCUT2D eigenvalue weighted by molar-refractivity contribution is 5.78. The molecule has 0 aliphatic heterocycles. The number of benzene rings is 1. The number of amides is 1. The van der Waals surface area contributed by atoms with Gasteiger partial charge in [-0.15, -0.1) is 0 Å². The SMILES string of the molecule is Cc1ccc(C)c(OCC(=O)NC(C)Cc2ccncc2)c1C. The average molecular weight is 312 g/mol. The van der Waals surface area contributed by atoms with Gasteiger partial charge in [-0.2, -0.15) is 0 Å². The van der Waals surface area contributed by atoms with Crippen LogP contribution < -0.4 is 10.1 Å². The van der Waals surface area contributed by atoms with E-state index in [2.05, 4.69) is 16.4 Å². The van der Waals surface area contributed by atoms with Crippen LogP contribution in [-0.4, -0.2) is 23.5 Å². The van der Waals surface area contributed by atoms with Crippen molar-refractivity contribution in [1.29, 1.82) is 0 Å². The zero-order chi connectivity index (χ0) is 16.8. The quantitative estimate of drug-likeness (QED) is 0.891. The van der Waals surface area contributed by atoms with E-state index >= 15 is 0 Å². The molecule has 1 aromatic carbocycles. The molecule has 0 aliphatic carbocycles. The molecule has 0 spiro atoms. The smallest absolute Gasteiger partial charge is 0.258 e. The summed E-state index contributed by atoms with van der Waals surface area (Å²) in [5.74, 6) is 0.703. The monoisotopic (exact) mass is 312 g/mol. The Kier molecular flexibility index (Phi) is 5.74. The zero-order valence-corrected chi connectivity index (χ0v) is 14.2. The molecule has 1 atom stereocenters. The Bertz CT molecular complexity index is 669. The van der Waals surface area contributed by atoms with Crippen molar-refractivity contribution in [3.05, 3.63) is 58.9 Å². The van der Waals surface area contributed by atoms with Crippen LogP contribution in [0.2, 0.25) is 0 Å². The third kappa shape index (κ3) is 4.81. The first-order chi connectivity index (χ1) is 11.0. The Morgan fingerprint density at radius 1 is 1.13 bits per heavy atom. The van der Waals surface area contributed by atoms with Gasteiger partial charge in [0.2, 0.25) is 0 Å². The first-order valence-corrected chi connectivity index (χ1v) is 7.85. The van der Waals surface area contributed by atoms with Gasteiger partial charge in [0, 0.05) is 18.4 Å². The van der Waals surface area contributed by atoms with Crippen LogP contribution in [0.1, 0.15) is 29.2 Å². The standard InChI is InChI=1S/C19H24N2O2/c1-13-5-6-14(2)19(16(13)4)23-12-18(22)21-15(3)11-17-7-9-20-10-8-17/h5-10,15H,11-12H2,1-4H3,(H,21,22). The Balaban J connectivity index is 1.87. The van der Waals surface area contributed by atoms with Crippen molar-refractivity contribution in [3.63, 3.8) is 0 Å². The lowest BCUT2D eigenvalue weighted by Gasteiger charge is -2.16. The van der Waals surface area contributed by atoms with Crippen molar-refractivity contribution in [3.8, 4) is 5.75 Å². The molecule has 2 aromatic rings. The van der Waals surface area contributed by atoms with Crippen LogP contribution >= 0.6 is 0 Å². The number of hydrogen-bond donors (Lipinski definition) is 1. The van der Waals surface area contributed by atoms with E-state index < -0.39 is 0 Å². The fourth-order valence-corrected chi connectivity index (χ4v) is 2.53. The number of rotatable bonds is 6. The molecule has 0 bridgehead atoms. The molecule has 23 heavy (non-hydrogen) atoms. The van der Waals surface area contributed by atoms with Gasteiger partial charge in [-0.3, -0.25) is 9.78 Å². The third-order valence-corrected chi connectivity index (χ3v) is 3.92.